The first-order valence-electron chi connectivity index (χ1n) is 5.90. The maximum absolute atomic E-state index is 11.4. The molecule has 17 heavy (non-hydrogen) atoms. The number of hydrogen-bond donors (Lipinski definition) is 0. The Morgan fingerprint density at radius 1 is 1.47 bits per heavy atom. The molecule has 0 bridgehead atoms. The standard InChI is InChI=1S/C14H18O2S/c1-3-14(11-17(14)15)10-16-9-12(2)13-7-5-4-6-8-13/h4-9H,3,10-11H2,1-2H3/b12-9-. The number of allylic oxidation sites excluding steroid dienone is 1. The van der Waals surface area contributed by atoms with E-state index in [1.165, 1.54) is 0 Å². The molecule has 1 aliphatic heterocycles. The summed E-state index contributed by atoms with van der Waals surface area (Å²) in [5.41, 5.74) is 2.26. The van der Waals surface area contributed by atoms with Gasteiger partial charge < -0.3 is 4.74 Å². The molecule has 3 heteroatoms. The highest BCUT2D eigenvalue weighted by Crippen LogP contribution is 2.35. The fourth-order valence-electron chi connectivity index (χ4n) is 1.77. The van der Waals surface area contributed by atoms with Gasteiger partial charge in [0.15, 0.2) is 0 Å². The Hall–Kier alpha value is -1.09. The molecular weight excluding hydrogens is 232 g/mol. The van der Waals surface area contributed by atoms with Crippen molar-refractivity contribution >= 4 is 16.4 Å². The van der Waals surface area contributed by atoms with Gasteiger partial charge in [-0.2, -0.15) is 0 Å². The molecule has 1 aromatic carbocycles. The van der Waals surface area contributed by atoms with Crippen molar-refractivity contribution in [1.82, 2.24) is 0 Å². The largest absolute Gasteiger partial charge is 0.499 e. The topological polar surface area (TPSA) is 26.3 Å². The van der Waals surface area contributed by atoms with Gasteiger partial charge in [0.1, 0.15) is 6.61 Å². The normalized spacial score (nSPS) is 27.9. The molecule has 0 aliphatic carbocycles. The van der Waals surface area contributed by atoms with Crippen molar-refractivity contribution in [2.24, 2.45) is 0 Å². The van der Waals surface area contributed by atoms with E-state index in [9.17, 15) is 4.21 Å². The van der Waals surface area contributed by atoms with Crippen molar-refractivity contribution < 1.29 is 8.95 Å². The first-order chi connectivity index (χ1) is 8.18. The highest BCUT2D eigenvalue weighted by molar-refractivity contribution is 7.94. The van der Waals surface area contributed by atoms with E-state index < -0.39 is 10.8 Å². The van der Waals surface area contributed by atoms with Crippen molar-refractivity contribution in [3.05, 3.63) is 42.2 Å². The molecule has 0 saturated carbocycles. The van der Waals surface area contributed by atoms with E-state index in [0.29, 0.717) is 6.61 Å². The number of ether oxygens (including phenoxy) is 1. The van der Waals surface area contributed by atoms with Crippen molar-refractivity contribution in [3.63, 3.8) is 0 Å². The zero-order valence-electron chi connectivity index (χ0n) is 10.3. The van der Waals surface area contributed by atoms with Crippen LogP contribution in [0.5, 0.6) is 0 Å². The van der Waals surface area contributed by atoms with Crippen LogP contribution in [0, 0.1) is 0 Å². The number of hydrogen-bond acceptors (Lipinski definition) is 2. The monoisotopic (exact) mass is 250 g/mol. The number of benzene rings is 1. The molecular formula is C14H18O2S. The first kappa shape index (κ1) is 12.4. The Labute approximate surface area is 105 Å². The minimum absolute atomic E-state index is 0.0620. The highest BCUT2D eigenvalue weighted by Gasteiger charge is 2.51. The molecule has 1 saturated heterocycles. The first-order valence-corrected chi connectivity index (χ1v) is 7.22. The summed E-state index contributed by atoms with van der Waals surface area (Å²) in [6.07, 6.45) is 2.71. The SMILES string of the molecule is CCC1(CO/C=C(/C)c2ccccc2)CS1=O. The van der Waals surface area contributed by atoms with Crippen LogP contribution >= 0.6 is 0 Å². The lowest BCUT2D eigenvalue weighted by Gasteiger charge is -2.09. The molecule has 92 valence electrons. The van der Waals surface area contributed by atoms with Crippen LogP contribution in [-0.4, -0.2) is 21.3 Å². The van der Waals surface area contributed by atoms with Crippen LogP contribution in [0.1, 0.15) is 25.8 Å². The Kier molecular flexibility index (Phi) is 3.67. The lowest BCUT2D eigenvalue weighted by Crippen LogP contribution is -2.17. The van der Waals surface area contributed by atoms with Crippen LogP contribution in [-0.2, 0) is 15.5 Å². The van der Waals surface area contributed by atoms with Crippen LogP contribution in [0.3, 0.4) is 0 Å². The third-order valence-electron chi connectivity index (χ3n) is 3.27. The zero-order valence-corrected chi connectivity index (χ0v) is 11.1. The van der Waals surface area contributed by atoms with Gasteiger partial charge in [-0.25, -0.2) is 0 Å². The Balaban J connectivity index is 1.91. The summed E-state index contributed by atoms with van der Waals surface area (Å²) in [4.78, 5) is 0. The lowest BCUT2D eigenvalue weighted by molar-refractivity contribution is 0.228. The fourth-order valence-corrected chi connectivity index (χ4v) is 3.14. The van der Waals surface area contributed by atoms with E-state index in [4.69, 9.17) is 4.74 Å². The van der Waals surface area contributed by atoms with Gasteiger partial charge in [-0.05, 0) is 24.5 Å². The minimum Gasteiger partial charge on any atom is -0.499 e. The molecule has 1 aromatic rings. The molecule has 0 amide bonds. The van der Waals surface area contributed by atoms with Crippen molar-refractivity contribution in [3.8, 4) is 0 Å². The molecule has 1 fully saturated rings. The zero-order chi connectivity index (χ0) is 12.3. The predicted molar refractivity (Wildman–Crippen MR) is 72.1 cm³/mol. The average Bonchev–Trinajstić information content (AvgIpc) is 3.01. The molecule has 0 aromatic heterocycles. The Morgan fingerprint density at radius 2 is 2.12 bits per heavy atom. The highest BCUT2D eigenvalue weighted by atomic mass is 32.2. The summed E-state index contributed by atoms with van der Waals surface area (Å²) in [6.45, 7) is 4.67. The van der Waals surface area contributed by atoms with Crippen molar-refractivity contribution in [2.45, 2.75) is 25.0 Å². The van der Waals surface area contributed by atoms with Crippen LogP contribution in [0.4, 0.5) is 0 Å². The summed E-state index contributed by atoms with van der Waals surface area (Å²) < 4.78 is 16.9. The van der Waals surface area contributed by atoms with Gasteiger partial charge in [0, 0.05) is 16.6 Å². The smallest absolute Gasteiger partial charge is 0.105 e. The van der Waals surface area contributed by atoms with Crippen LogP contribution in [0.25, 0.3) is 5.57 Å². The summed E-state index contributed by atoms with van der Waals surface area (Å²) in [5, 5.41) is 0. The van der Waals surface area contributed by atoms with Gasteiger partial charge in [0.2, 0.25) is 0 Å². The van der Waals surface area contributed by atoms with Crippen LogP contribution < -0.4 is 0 Å². The molecule has 0 radical (unpaired) electrons. The molecule has 2 atom stereocenters. The summed E-state index contributed by atoms with van der Waals surface area (Å²) in [7, 11) is -0.671. The second-order valence-electron chi connectivity index (χ2n) is 4.50. The molecule has 1 heterocycles. The second-order valence-corrected chi connectivity index (χ2v) is 6.35. The predicted octanol–water partition coefficient (Wildman–Crippen LogP) is 2.98. The summed E-state index contributed by atoms with van der Waals surface area (Å²) >= 11 is 0. The van der Waals surface area contributed by atoms with Crippen molar-refractivity contribution in [2.75, 3.05) is 12.4 Å². The molecule has 2 nitrogen and oxygen atoms in total. The van der Waals surface area contributed by atoms with E-state index in [1.54, 1.807) is 6.26 Å². The van der Waals surface area contributed by atoms with Gasteiger partial charge in [0.05, 0.1) is 11.0 Å². The van der Waals surface area contributed by atoms with Gasteiger partial charge >= 0.3 is 0 Å². The third kappa shape index (κ3) is 2.78. The van der Waals surface area contributed by atoms with E-state index >= 15 is 0 Å². The average molecular weight is 250 g/mol. The fraction of sp³-hybridized carbons (Fsp3) is 0.429. The van der Waals surface area contributed by atoms with E-state index in [0.717, 1.165) is 23.3 Å². The van der Waals surface area contributed by atoms with E-state index in [2.05, 4.69) is 19.1 Å². The maximum atomic E-state index is 11.4. The van der Waals surface area contributed by atoms with Gasteiger partial charge in [-0.15, -0.1) is 0 Å². The second kappa shape index (κ2) is 5.05. The molecule has 0 spiro atoms. The molecule has 0 N–H and O–H groups in total. The van der Waals surface area contributed by atoms with E-state index in [-0.39, 0.29) is 4.75 Å². The van der Waals surface area contributed by atoms with Crippen LogP contribution in [0.2, 0.25) is 0 Å². The van der Waals surface area contributed by atoms with Crippen LogP contribution in [0.15, 0.2) is 36.6 Å². The summed E-state index contributed by atoms with van der Waals surface area (Å²) in [5.74, 6) is 0.793. The van der Waals surface area contributed by atoms with Gasteiger partial charge in [-0.3, -0.25) is 4.21 Å². The molecule has 1 aliphatic rings. The summed E-state index contributed by atoms with van der Waals surface area (Å²) in [6, 6.07) is 10.1. The number of rotatable bonds is 5. The van der Waals surface area contributed by atoms with Gasteiger partial charge in [-0.1, -0.05) is 37.3 Å². The molecule has 2 rings (SSSR count). The quantitative estimate of drug-likeness (QED) is 0.593. The lowest BCUT2D eigenvalue weighted by atomic mass is 10.1. The maximum Gasteiger partial charge on any atom is 0.105 e. The Morgan fingerprint density at radius 3 is 2.65 bits per heavy atom. The van der Waals surface area contributed by atoms with E-state index in [1.807, 2.05) is 25.1 Å². The minimum atomic E-state index is -0.671. The third-order valence-corrected chi connectivity index (χ3v) is 5.25. The Bertz CT molecular complexity index is 439. The van der Waals surface area contributed by atoms with Gasteiger partial charge in [0.25, 0.3) is 0 Å². The van der Waals surface area contributed by atoms with Crippen molar-refractivity contribution in [1.29, 1.82) is 0 Å². The molecule has 2 unspecified atom stereocenters.